The summed E-state index contributed by atoms with van der Waals surface area (Å²) in [4.78, 5) is 28.3. The van der Waals surface area contributed by atoms with Crippen LogP contribution in [0.1, 0.15) is 17.0 Å². The van der Waals surface area contributed by atoms with E-state index in [4.69, 9.17) is 0 Å². The third-order valence-corrected chi connectivity index (χ3v) is 5.75. The predicted molar refractivity (Wildman–Crippen MR) is 111 cm³/mol. The van der Waals surface area contributed by atoms with E-state index in [9.17, 15) is 9.59 Å². The minimum absolute atomic E-state index is 0.0995. The molecule has 2 heterocycles. The van der Waals surface area contributed by atoms with Crippen molar-refractivity contribution in [1.29, 1.82) is 0 Å². The fraction of sp³-hybridized carbons (Fsp3) is 0.278. The largest absolute Gasteiger partial charge is 0.326 e. The molecule has 2 N–H and O–H groups in total. The molecule has 3 rings (SSSR count). The van der Waals surface area contributed by atoms with Crippen molar-refractivity contribution in [2.24, 2.45) is 7.05 Å². The van der Waals surface area contributed by atoms with Crippen LogP contribution in [0.5, 0.6) is 0 Å². The number of aromatic nitrogens is 4. The molecular formula is C18H20N6O2S2. The van der Waals surface area contributed by atoms with Gasteiger partial charge in [-0.15, -0.1) is 21.5 Å². The Hall–Kier alpha value is -2.72. The van der Waals surface area contributed by atoms with Crippen LogP contribution < -0.4 is 10.6 Å². The first kappa shape index (κ1) is 20.0. The summed E-state index contributed by atoms with van der Waals surface area (Å²) in [5, 5.41) is 16.7. The van der Waals surface area contributed by atoms with Gasteiger partial charge in [0.15, 0.2) is 10.3 Å². The van der Waals surface area contributed by atoms with E-state index < -0.39 is 0 Å². The lowest BCUT2D eigenvalue weighted by Gasteiger charge is -2.08. The van der Waals surface area contributed by atoms with Gasteiger partial charge in [0.2, 0.25) is 11.8 Å². The van der Waals surface area contributed by atoms with Crippen LogP contribution in [0.25, 0.3) is 0 Å². The van der Waals surface area contributed by atoms with Crippen LogP contribution in [0.2, 0.25) is 0 Å². The van der Waals surface area contributed by atoms with Crippen molar-refractivity contribution < 1.29 is 9.59 Å². The number of amides is 2. The molecule has 0 aliphatic rings. The number of hydrogen-bond acceptors (Lipinski definition) is 7. The zero-order valence-corrected chi connectivity index (χ0v) is 17.4. The van der Waals surface area contributed by atoms with Gasteiger partial charge in [-0.25, -0.2) is 4.98 Å². The smallest absolute Gasteiger partial charge is 0.236 e. The number of nitrogens with one attached hydrogen (secondary N) is 2. The van der Waals surface area contributed by atoms with Gasteiger partial charge in [-0.3, -0.25) is 9.59 Å². The van der Waals surface area contributed by atoms with E-state index in [2.05, 4.69) is 25.8 Å². The maximum Gasteiger partial charge on any atom is 0.236 e. The van der Waals surface area contributed by atoms with E-state index in [1.165, 1.54) is 28.7 Å². The number of anilines is 2. The van der Waals surface area contributed by atoms with E-state index in [1.807, 2.05) is 32.0 Å². The van der Waals surface area contributed by atoms with Crippen molar-refractivity contribution in [3.8, 4) is 0 Å². The Morgan fingerprint density at radius 2 is 1.96 bits per heavy atom. The van der Waals surface area contributed by atoms with E-state index >= 15 is 0 Å². The van der Waals surface area contributed by atoms with Crippen LogP contribution in [-0.2, 0) is 23.1 Å². The van der Waals surface area contributed by atoms with Crippen molar-refractivity contribution in [1.82, 2.24) is 19.7 Å². The van der Waals surface area contributed by atoms with Gasteiger partial charge in [0.05, 0.1) is 12.2 Å². The normalized spacial score (nSPS) is 10.7. The van der Waals surface area contributed by atoms with Gasteiger partial charge in [0.1, 0.15) is 5.82 Å². The number of hydrogen-bond donors (Lipinski definition) is 2. The second-order valence-electron chi connectivity index (χ2n) is 6.16. The molecule has 0 aliphatic carbocycles. The first-order chi connectivity index (χ1) is 13.4. The molecule has 28 heavy (non-hydrogen) atoms. The number of carbonyl (C=O) groups is 2. The Balaban J connectivity index is 1.54. The van der Waals surface area contributed by atoms with Crippen molar-refractivity contribution in [2.45, 2.75) is 25.4 Å². The highest BCUT2D eigenvalue weighted by Crippen LogP contribution is 2.18. The van der Waals surface area contributed by atoms with Crippen molar-refractivity contribution in [2.75, 3.05) is 16.4 Å². The zero-order chi connectivity index (χ0) is 20.1. The molecule has 2 amide bonds. The standard InChI is InChI=1S/C18H20N6O2S2/c1-11-4-5-13(8-12(11)2)20-15(25)9-14-22-23-18(24(14)3)28-10-16(26)21-17-19-6-7-27-17/h4-8H,9-10H2,1-3H3,(H,20,25)(H,19,21,26). The van der Waals surface area contributed by atoms with Crippen LogP contribution in [0, 0.1) is 13.8 Å². The lowest BCUT2D eigenvalue weighted by atomic mass is 10.1. The average Bonchev–Trinajstić information content (AvgIpc) is 3.27. The lowest BCUT2D eigenvalue weighted by molar-refractivity contribution is -0.116. The number of benzene rings is 1. The van der Waals surface area contributed by atoms with Gasteiger partial charge < -0.3 is 15.2 Å². The molecule has 1 aromatic carbocycles. The molecule has 0 bridgehead atoms. The topological polar surface area (TPSA) is 102 Å². The number of thioether (sulfide) groups is 1. The Bertz CT molecular complexity index is 984. The first-order valence-corrected chi connectivity index (χ1v) is 10.4. The molecule has 0 unspecified atom stereocenters. The van der Waals surface area contributed by atoms with Crippen molar-refractivity contribution in [3.05, 3.63) is 46.7 Å². The minimum Gasteiger partial charge on any atom is -0.326 e. The van der Waals surface area contributed by atoms with Gasteiger partial charge in [-0.1, -0.05) is 17.8 Å². The fourth-order valence-corrected chi connectivity index (χ4v) is 3.64. The van der Waals surface area contributed by atoms with Gasteiger partial charge in [-0.2, -0.15) is 0 Å². The van der Waals surface area contributed by atoms with Crippen LogP contribution >= 0.6 is 23.1 Å². The molecule has 0 radical (unpaired) electrons. The Labute approximate surface area is 170 Å². The lowest BCUT2D eigenvalue weighted by Crippen LogP contribution is -2.17. The molecule has 0 saturated heterocycles. The zero-order valence-electron chi connectivity index (χ0n) is 15.7. The minimum atomic E-state index is -0.170. The third kappa shape index (κ3) is 5.17. The van der Waals surface area contributed by atoms with Crippen LogP contribution in [0.3, 0.4) is 0 Å². The quantitative estimate of drug-likeness (QED) is 0.574. The number of aryl methyl sites for hydroxylation is 2. The number of rotatable bonds is 7. The summed E-state index contributed by atoms with van der Waals surface area (Å²) >= 11 is 2.61. The van der Waals surface area contributed by atoms with Crippen LogP contribution in [0.15, 0.2) is 34.9 Å². The highest BCUT2D eigenvalue weighted by Gasteiger charge is 2.15. The van der Waals surface area contributed by atoms with Gasteiger partial charge in [0, 0.05) is 24.3 Å². The average molecular weight is 417 g/mol. The molecule has 0 atom stereocenters. The summed E-state index contributed by atoms with van der Waals surface area (Å²) in [5.41, 5.74) is 3.04. The molecule has 2 aromatic heterocycles. The monoisotopic (exact) mass is 416 g/mol. The third-order valence-electron chi connectivity index (χ3n) is 4.05. The Morgan fingerprint density at radius 3 is 2.68 bits per heavy atom. The number of nitrogens with zero attached hydrogens (tertiary/aromatic N) is 4. The van der Waals surface area contributed by atoms with Crippen LogP contribution in [0.4, 0.5) is 10.8 Å². The maximum absolute atomic E-state index is 12.3. The van der Waals surface area contributed by atoms with E-state index in [-0.39, 0.29) is 24.0 Å². The summed E-state index contributed by atoms with van der Waals surface area (Å²) in [6.07, 6.45) is 1.73. The number of carbonyl (C=O) groups excluding carboxylic acids is 2. The highest BCUT2D eigenvalue weighted by molar-refractivity contribution is 7.99. The predicted octanol–water partition coefficient (Wildman–Crippen LogP) is 2.80. The molecule has 8 nitrogen and oxygen atoms in total. The summed E-state index contributed by atoms with van der Waals surface area (Å²) < 4.78 is 1.72. The number of thiazole rings is 1. The summed E-state index contributed by atoms with van der Waals surface area (Å²) in [7, 11) is 1.78. The summed E-state index contributed by atoms with van der Waals surface area (Å²) in [6, 6.07) is 5.78. The summed E-state index contributed by atoms with van der Waals surface area (Å²) in [6.45, 7) is 4.03. The Kier molecular flexibility index (Phi) is 6.42. The van der Waals surface area contributed by atoms with Crippen molar-refractivity contribution >= 4 is 45.7 Å². The second-order valence-corrected chi connectivity index (χ2v) is 7.99. The second kappa shape index (κ2) is 8.98. The summed E-state index contributed by atoms with van der Waals surface area (Å²) in [5.74, 6) is 0.374. The van der Waals surface area contributed by atoms with Gasteiger partial charge >= 0.3 is 0 Å². The van der Waals surface area contributed by atoms with E-state index in [0.29, 0.717) is 16.1 Å². The van der Waals surface area contributed by atoms with E-state index in [0.717, 1.165) is 11.3 Å². The molecule has 0 fully saturated rings. The van der Waals surface area contributed by atoms with Crippen LogP contribution in [-0.4, -0.2) is 37.3 Å². The molecule has 0 spiro atoms. The van der Waals surface area contributed by atoms with Crippen molar-refractivity contribution in [3.63, 3.8) is 0 Å². The van der Waals surface area contributed by atoms with Gasteiger partial charge in [-0.05, 0) is 37.1 Å². The molecule has 3 aromatic rings. The maximum atomic E-state index is 12.3. The molecule has 0 saturated carbocycles. The first-order valence-electron chi connectivity index (χ1n) is 8.50. The fourth-order valence-electron chi connectivity index (χ4n) is 2.36. The molecular weight excluding hydrogens is 396 g/mol. The SMILES string of the molecule is Cc1ccc(NC(=O)Cc2nnc(SCC(=O)Nc3nccs3)n2C)cc1C. The molecule has 0 aliphatic heterocycles. The highest BCUT2D eigenvalue weighted by atomic mass is 32.2. The van der Waals surface area contributed by atoms with Gasteiger partial charge in [0.25, 0.3) is 0 Å². The Morgan fingerprint density at radius 1 is 1.14 bits per heavy atom. The molecule has 10 heteroatoms. The van der Waals surface area contributed by atoms with E-state index in [1.54, 1.807) is 23.2 Å². The molecule has 146 valence electrons.